The van der Waals surface area contributed by atoms with Gasteiger partial charge in [0.15, 0.2) is 0 Å². The maximum absolute atomic E-state index is 11.4. The highest BCUT2D eigenvalue weighted by Gasteiger charge is 2.13. The molecule has 1 atom stereocenters. The smallest absolute Gasteiger partial charge is 0.335 e. The van der Waals surface area contributed by atoms with E-state index in [1.54, 1.807) is 0 Å². The number of ether oxygens (including phenoxy) is 1. The van der Waals surface area contributed by atoms with E-state index in [0.717, 1.165) is 0 Å². The summed E-state index contributed by atoms with van der Waals surface area (Å²) < 4.78 is 5.01. The van der Waals surface area contributed by atoms with E-state index < -0.39 is 17.9 Å². The summed E-state index contributed by atoms with van der Waals surface area (Å²) in [6.07, 6.45) is 0. The van der Waals surface area contributed by atoms with Gasteiger partial charge in [-0.05, 0) is 25.1 Å². The maximum atomic E-state index is 11.4. The second kappa shape index (κ2) is 5.31. The van der Waals surface area contributed by atoms with Gasteiger partial charge in [0.25, 0.3) is 0 Å². The average Bonchev–Trinajstić information content (AvgIpc) is 2.28. The number of carboxylic acid groups (broad SMARTS) is 1. The van der Waals surface area contributed by atoms with E-state index >= 15 is 0 Å². The summed E-state index contributed by atoms with van der Waals surface area (Å²) in [6.45, 7) is 1.53. The van der Waals surface area contributed by atoms with Gasteiger partial charge in [-0.1, -0.05) is 0 Å². The normalized spacial score (nSPS) is 11.7. The maximum Gasteiger partial charge on any atom is 0.335 e. The summed E-state index contributed by atoms with van der Waals surface area (Å²) in [5, 5.41) is 11.3. The van der Waals surface area contributed by atoms with Crippen LogP contribution in [0.4, 0.5) is 5.69 Å². The van der Waals surface area contributed by atoms with Crippen molar-refractivity contribution in [2.24, 2.45) is 5.73 Å². The van der Waals surface area contributed by atoms with E-state index in [1.165, 1.54) is 32.2 Å². The van der Waals surface area contributed by atoms with Crippen molar-refractivity contribution in [2.45, 2.75) is 13.0 Å². The number of nitrogens with two attached hydrogens (primary N) is 1. The highest BCUT2D eigenvalue weighted by atomic mass is 16.5. The largest absolute Gasteiger partial charge is 0.495 e. The summed E-state index contributed by atoms with van der Waals surface area (Å²) in [6, 6.07) is 3.50. The van der Waals surface area contributed by atoms with Gasteiger partial charge in [-0.3, -0.25) is 4.79 Å². The van der Waals surface area contributed by atoms with Crippen molar-refractivity contribution in [1.82, 2.24) is 0 Å². The first kappa shape index (κ1) is 13.0. The predicted octanol–water partition coefficient (Wildman–Crippen LogP) is 0.679. The lowest BCUT2D eigenvalue weighted by Crippen LogP contribution is -2.32. The molecule has 92 valence electrons. The second-order valence-corrected chi connectivity index (χ2v) is 3.50. The lowest BCUT2D eigenvalue weighted by Gasteiger charge is -2.12. The van der Waals surface area contributed by atoms with Crippen LogP contribution in [0.1, 0.15) is 17.3 Å². The number of carbonyl (C=O) groups is 2. The van der Waals surface area contributed by atoms with Crippen LogP contribution in [0, 0.1) is 0 Å². The van der Waals surface area contributed by atoms with Gasteiger partial charge in [0.1, 0.15) is 5.75 Å². The molecule has 0 fully saturated rings. The van der Waals surface area contributed by atoms with E-state index in [9.17, 15) is 9.59 Å². The van der Waals surface area contributed by atoms with Crippen LogP contribution in [0.3, 0.4) is 0 Å². The monoisotopic (exact) mass is 238 g/mol. The van der Waals surface area contributed by atoms with Gasteiger partial charge in [0.2, 0.25) is 5.91 Å². The highest BCUT2D eigenvalue weighted by Crippen LogP contribution is 2.25. The molecule has 1 unspecified atom stereocenters. The van der Waals surface area contributed by atoms with Crippen molar-refractivity contribution >= 4 is 17.6 Å². The average molecular weight is 238 g/mol. The van der Waals surface area contributed by atoms with Crippen molar-refractivity contribution in [3.63, 3.8) is 0 Å². The van der Waals surface area contributed by atoms with Crippen LogP contribution in [-0.4, -0.2) is 30.1 Å². The SMILES string of the molecule is COc1ccc(C(=O)O)cc1NC(=O)C(C)N. The van der Waals surface area contributed by atoms with Crippen LogP contribution in [-0.2, 0) is 4.79 Å². The number of hydrogen-bond donors (Lipinski definition) is 3. The molecule has 0 aliphatic rings. The number of carbonyl (C=O) groups excluding carboxylic acids is 1. The molecule has 0 bridgehead atoms. The summed E-state index contributed by atoms with van der Waals surface area (Å²) in [5.74, 6) is -1.11. The van der Waals surface area contributed by atoms with Gasteiger partial charge < -0.3 is 20.9 Å². The molecule has 0 radical (unpaired) electrons. The molecule has 0 aliphatic carbocycles. The Hall–Kier alpha value is -2.08. The Bertz CT molecular complexity index is 443. The van der Waals surface area contributed by atoms with Crippen LogP contribution in [0.2, 0.25) is 0 Å². The van der Waals surface area contributed by atoms with Gasteiger partial charge in [0.05, 0.1) is 24.4 Å². The minimum absolute atomic E-state index is 0.0609. The van der Waals surface area contributed by atoms with Crippen molar-refractivity contribution in [3.05, 3.63) is 23.8 Å². The molecule has 1 amide bonds. The van der Waals surface area contributed by atoms with Gasteiger partial charge >= 0.3 is 5.97 Å². The molecule has 0 aliphatic heterocycles. The lowest BCUT2D eigenvalue weighted by molar-refractivity contribution is -0.117. The number of benzene rings is 1. The van der Waals surface area contributed by atoms with E-state index in [1.807, 2.05) is 0 Å². The van der Waals surface area contributed by atoms with Crippen molar-refractivity contribution in [2.75, 3.05) is 12.4 Å². The Morgan fingerprint density at radius 3 is 2.59 bits per heavy atom. The molecule has 1 aromatic carbocycles. The minimum atomic E-state index is -1.08. The van der Waals surface area contributed by atoms with Gasteiger partial charge in [-0.2, -0.15) is 0 Å². The number of carboxylic acids is 1. The first-order valence-electron chi connectivity index (χ1n) is 4.93. The van der Waals surface area contributed by atoms with Crippen molar-refractivity contribution < 1.29 is 19.4 Å². The molecular formula is C11H14N2O4. The van der Waals surface area contributed by atoms with Crippen molar-refractivity contribution in [1.29, 1.82) is 0 Å². The standard InChI is InChI=1S/C11H14N2O4/c1-6(12)10(14)13-8-5-7(11(15)16)3-4-9(8)17-2/h3-6H,12H2,1-2H3,(H,13,14)(H,15,16). The van der Waals surface area contributed by atoms with E-state index in [2.05, 4.69) is 5.32 Å². The van der Waals surface area contributed by atoms with Gasteiger partial charge in [-0.15, -0.1) is 0 Å². The summed E-state index contributed by atoms with van der Waals surface area (Å²) in [4.78, 5) is 22.2. The number of nitrogens with one attached hydrogen (secondary N) is 1. The van der Waals surface area contributed by atoms with Gasteiger partial charge in [0, 0.05) is 0 Å². The first-order valence-corrected chi connectivity index (χ1v) is 4.93. The number of rotatable bonds is 4. The fourth-order valence-corrected chi connectivity index (χ4v) is 1.19. The molecule has 4 N–H and O–H groups in total. The Morgan fingerprint density at radius 1 is 1.47 bits per heavy atom. The summed E-state index contributed by atoms with van der Waals surface area (Å²) in [7, 11) is 1.43. The zero-order valence-electron chi connectivity index (χ0n) is 9.56. The molecule has 1 rings (SSSR count). The molecule has 0 spiro atoms. The van der Waals surface area contributed by atoms with Crippen LogP contribution >= 0.6 is 0 Å². The molecule has 17 heavy (non-hydrogen) atoms. The molecule has 0 heterocycles. The fourth-order valence-electron chi connectivity index (χ4n) is 1.19. The molecule has 6 heteroatoms. The van der Waals surface area contributed by atoms with Crippen LogP contribution in [0.25, 0.3) is 0 Å². The topological polar surface area (TPSA) is 102 Å². The Balaban J connectivity index is 3.06. The van der Waals surface area contributed by atoms with E-state index in [0.29, 0.717) is 5.75 Å². The zero-order valence-corrected chi connectivity index (χ0v) is 9.56. The third-order valence-corrected chi connectivity index (χ3v) is 2.12. The van der Waals surface area contributed by atoms with E-state index in [4.69, 9.17) is 15.6 Å². The molecular weight excluding hydrogens is 224 g/mol. The molecule has 0 saturated carbocycles. The number of aromatic carboxylic acids is 1. The quantitative estimate of drug-likeness (QED) is 0.715. The number of amides is 1. The zero-order chi connectivity index (χ0) is 13.0. The van der Waals surface area contributed by atoms with Crippen LogP contribution in [0.5, 0.6) is 5.75 Å². The Kier molecular flexibility index (Phi) is 4.06. The molecule has 1 aromatic rings. The molecule has 0 aromatic heterocycles. The van der Waals surface area contributed by atoms with Crippen molar-refractivity contribution in [3.8, 4) is 5.75 Å². The summed E-state index contributed by atoms with van der Waals surface area (Å²) in [5.41, 5.74) is 5.75. The van der Waals surface area contributed by atoms with E-state index in [-0.39, 0.29) is 11.3 Å². The third kappa shape index (κ3) is 3.18. The van der Waals surface area contributed by atoms with Crippen LogP contribution < -0.4 is 15.8 Å². The number of anilines is 1. The molecule has 6 nitrogen and oxygen atoms in total. The lowest BCUT2D eigenvalue weighted by atomic mass is 10.2. The predicted molar refractivity (Wildman–Crippen MR) is 62.2 cm³/mol. The number of methoxy groups -OCH3 is 1. The molecule has 0 saturated heterocycles. The summed E-state index contributed by atoms with van der Waals surface area (Å²) >= 11 is 0. The number of hydrogen-bond acceptors (Lipinski definition) is 4. The minimum Gasteiger partial charge on any atom is -0.495 e. The Labute approximate surface area is 98.4 Å². The second-order valence-electron chi connectivity index (χ2n) is 3.50. The highest BCUT2D eigenvalue weighted by molar-refractivity contribution is 5.97. The fraction of sp³-hybridized carbons (Fsp3) is 0.273. The Morgan fingerprint density at radius 2 is 2.12 bits per heavy atom. The van der Waals surface area contributed by atoms with Crippen LogP contribution in [0.15, 0.2) is 18.2 Å². The first-order chi connectivity index (χ1) is 7.95. The third-order valence-electron chi connectivity index (χ3n) is 2.12. The van der Waals surface area contributed by atoms with Gasteiger partial charge in [-0.25, -0.2) is 4.79 Å².